The van der Waals surface area contributed by atoms with E-state index in [1.165, 1.54) is 0 Å². The van der Waals surface area contributed by atoms with Crippen molar-refractivity contribution in [2.75, 3.05) is 38.8 Å². The van der Waals surface area contributed by atoms with E-state index in [1.54, 1.807) is 14.2 Å². The van der Waals surface area contributed by atoms with Crippen LogP contribution in [0.4, 0.5) is 0 Å². The summed E-state index contributed by atoms with van der Waals surface area (Å²) in [5, 5.41) is 8.97. The quantitative estimate of drug-likeness (QED) is 0.384. The number of hydrogen-bond acceptors (Lipinski definition) is 6. The number of rotatable bonds is 9. The Hall–Kier alpha value is -2.49. The third-order valence-corrected chi connectivity index (χ3v) is 6.17. The highest BCUT2D eigenvalue weighted by Crippen LogP contribution is 2.19. The molecule has 162 valence electrons. The van der Waals surface area contributed by atoms with Gasteiger partial charge in [0.25, 0.3) is 0 Å². The van der Waals surface area contributed by atoms with Gasteiger partial charge >= 0.3 is 0 Å². The first kappa shape index (κ1) is 22.8. The number of nitrogens with zero attached hydrogens (tertiary/aromatic N) is 1. The Balaban J connectivity index is 1.66. The zero-order valence-corrected chi connectivity index (χ0v) is 17.9. The van der Waals surface area contributed by atoms with Gasteiger partial charge in [-0.05, 0) is 25.5 Å². The van der Waals surface area contributed by atoms with Crippen LogP contribution in [0.5, 0.6) is 11.5 Å². The van der Waals surface area contributed by atoms with Crippen molar-refractivity contribution in [2.45, 2.75) is 31.9 Å². The Labute approximate surface area is 172 Å². The molecule has 2 atom stereocenters. The van der Waals surface area contributed by atoms with Crippen LogP contribution < -0.4 is 25.4 Å². The van der Waals surface area contributed by atoms with Crippen molar-refractivity contribution in [1.29, 1.82) is 0 Å². The maximum Gasteiger partial charge on any atom is 0.222 e. The van der Waals surface area contributed by atoms with Crippen molar-refractivity contribution < 1.29 is 22.7 Å². The van der Waals surface area contributed by atoms with E-state index < -0.39 is 9.84 Å². The molecule has 1 aliphatic heterocycles. The highest BCUT2D eigenvalue weighted by atomic mass is 32.2. The second-order valence-corrected chi connectivity index (χ2v) is 9.13. The Kier molecular flexibility index (Phi) is 8.56. The number of guanidine groups is 1. The van der Waals surface area contributed by atoms with Crippen molar-refractivity contribution >= 4 is 21.7 Å². The van der Waals surface area contributed by atoms with Crippen LogP contribution >= 0.6 is 0 Å². The molecule has 2 rings (SSSR count). The van der Waals surface area contributed by atoms with Gasteiger partial charge in [-0.25, -0.2) is 8.42 Å². The van der Waals surface area contributed by atoms with E-state index in [1.807, 2.05) is 31.2 Å². The molecule has 0 aliphatic carbocycles. The molecule has 0 bridgehead atoms. The Morgan fingerprint density at radius 2 is 2.07 bits per heavy atom. The zero-order valence-electron chi connectivity index (χ0n) is 17.1. The first-order valence-corrected chi connectivity index (χ1v) is 11.4. The molecule has 1 heterocycles. The van der Waals surface area contributed by atoms with E-state index in [9.17, 15) is 13.2 Å². The van der Waals surface area contributed by atoms with Crippen LogP contribution in [0, 0.1) is 0 Å². The summed E-state index contributed by atoms with van der Waals surface area (Å²) in [5.41, 5.74) is 0. The third-order valence-electron chi connectivity index (χ3n) is 4.40. The van der Waals surface area contributed by atoms with Crippen molar-refractivity contribution in [3.8, 4) is 11.5 Å². The van der Waals surface area contributed by atoms with Crippen molar-refractivity contribution in [1.82, 2.24) is 16.0 Å². The maximum atomic E-state index is 12.0. The summed E-state index contributed by atoms with van der Waals surface area (Å²) in [6, 6.07) is 7.11. The van der Waals surface area contributed by atoms with Gasteiger partial charge in [0.15, 0.2) is 15.8 Å². The van der Waals surface area contributed by atoms with E-state index in [4.69, 9.17) is 9.47 Å². The number of carbonyl (C=O) groups excluding carboxylic acids is 1. The highest BCUT2D eigenvalue weighted by molar-refractivity contribution is 7.91. The number of nitrogens with one attached hydrogen (secondary N) is 3. The Morgan fingerprint density at radius 1 is 1.31 bits per heavy atom. The largest absolute Gasteiger partial charge is 0.497 e. The van der Waals surface area contributed by atoms with E-state index in [0.717, 1.165) is 5.75 Å². The summed E-state index contributed by atoms with van der Waals surface area (Å²) in [6.45, 7) is 2.84. The fraction of sp³-hybridized carbons (Fsp3) is 0.579. The van der Waals surface area contributed by atoms with Crippen LogP contribution in [0.2, 0.25) is 0 Å². The molecule has 1 aromatic carbocycles. The van der Waals surface area contributed by atoms with Crippen LogP contribution in [0.15, 0.2) is 29.3 Å². The van der Waals surface area contributed by atoms with Crippen LogP contribution in [0.1, 0.15) is 19.8 Å². The smallest absolute Gasteiger partial charge is 0.222 e. The van der Waals surface area contributed by atoms with Crippen LogP contribution in [0.3, 0.4) is 0 Å². The van der Waals surface area contributed by atoms with Gasteiger partial charge in [-0.1, -0.05) is 6.07 Å². The van der Waals surface area contributed by atoms with Gasteiger partial charge in [0, 0.05) is 32.1 Å². The molecule has 1 fully saturated rings. The topological polar surface area (TPSA) is 118 Å². The van der Waals surface area contributed by atoms with Gasteiger partial charge in [0.05, 0.1) is 25.2 Å². The molecule has 0 saturated carbocycles. The summed E-state index contributed by atoms with van der Waals surface area (Å²) in [6.07, 6.45) is 0.594. The normalized spacial score (nSPS) is 19.3. The van der Waals surface area contributed by atoms with Crippen molar-refractivity contribution in [3.63, 3.8) is 0 Å². The number of methoxy groups -OCH3 is 1. The van der Waals surface area contributed by atoms with E-state index in [0.29, 0.717) is 31.2 Å². The molecular formula is C19H30N4O5S. The van der Waals surface area contributed by atoms with Gasteiger partial charge in [0.2, 0.25) is 5.91 Å². The number of benzene rings is 1. The van der Waals surface area contributed by atoms with Crippen LogP contribution in [-0.4, -0.2) is 71.2 Å². The molecule has 0 aromatic heterocycles. The molecule has 0 spiro atoms. The number of carbonyl (C=O) groups is 1. The Bertz CT molecular complexity index is 813. The summed E-state index contributed by atoms with van der Waals surface area (Å²) in [4.78, 5) is 16.1. The lowest BCUT2D eigenvalue weighted by atomic mass is 10.2. The number of ether oxygens (including phenoxy) is 2. The molecule has 2 unspecified atom stereocenters. The lowest BCUT2D eigenvalue weighted by Gasteiger charge is -2.18. The summed E-state index contributed by atoms with van der Waals surface area (Å²) >= 11 is 0. The van der Waals surface area contributed by atoms with E-state index in [-0.39, 0.29) is 36.0 Å². The highest BCUT2D eigenvalue weighted by Gasteiger charge is 2.28. The van der Waals surface area contributed by atoms with Crippen LogP contribution in [-0.2, 0) is 14.6 Å². The molecule has 29 heavy (non-hydrogen) atoms. The van der Waals surface area contributed by atoms with Gasteiger partial charge < -0.3 is 25.4 Å². The lowest BCUT2D eigenvalue weighted by molar-refractivity contribution is -0.121. The fourth-order valence-corrected chi connectivity index (χ4v) is 4.59. The van der Waals surface area contributed by atoms with Gasteiger partial charge in [0.1, 0.15) is 17.6 Å². The molecule has 1 aliphatic rings. The minimum absolute atomic E-state index is 0.0283. The van der Waals surface area contributed by atoms with Gasteiger partial charge in [-0.2, -0.15) is 0 Å². The molecule has 1 amide bonds. The molecule has 9 nitrogen and oxygen atoms in total. The molecular weight excluding hydrogens is 396 g/mol. The predicted octanol–water partition coefficient (Wildman–Crippen LogP) is 0.321. The third kappa shape index (κ3) is 8.18. The number of hydrogen-bond donors (Lipinski definition) is 3. The first-order valence-electron chi connectivity index (χ1n) is 9.56. The minimum atomic E-state index is -3.00. The number of aliphatic imine (C=N–C) groups is 1. The molecule has 0 radical (unpaired) electrons. The minimum Gasteiger partial charge on any atom is -0.497 e. The van der Waals surface area contributed by atoms with Gasteiger partial charge in [-0.3, -0.25) is 9.79 Å². The van der Waals surface area contributed by atoms with Crippen molar-refractivity contribution in [3.05, 3.63) is 24.3 Å². The second kappa shape index (κ2) is 10.9. The SMILES string of the molecule is CN=C(NCCC(=O)NC1CCS(=O)(=O)C1)NCC(C)Oc1cccc(OC)c1. The second-order valence-electron chi connectivity index (χ2n) is 6.90. The molecule has 10 heteroatoms. The maximum absolute atomic E-state index is 12.0. The first-order chi connectivity index (χ1) is 13.8. The summed E-state index contributed by atoms with van der Waals surface area (Å²) in [7, 11) is 0.253. The fourth-order valence-electron chi connectivity index (χ4n) is 2.91. The zero-order chi connectivity index (χ0) is 21.3. The van der Waals surface area contributed by atoms with Crippen LogP contribution in [0.25, 0.3) is 0 Å². The predicted molar refractivity (Wildman–Crippen MR) is 112 cm³/mol. The Morgan fingerprint density at radius 3 is 2.72 bits per heavy atom. The average Bonchev–Trinajstić information content (AvgIpc) is 3.02. The molecule has 1 aromatic rings. The van der Waals surface area contributed by atoms with Gasteiger partial charge in [-0.15, -0.1) is 0 Å². The van der Waals surface area contributed by atoms with Crippen molar-refractivity contribution in [2.24, 2.45) is 4.99 Å². The average molecular weight is 427 g/mol. The van der Waals surface area contributed by atoms with E-state index >= 15 is 0 Å². The summed E-state index contributed by atoms with van der Waals surface area (Å²) in [5.74, 6) is 2.00. The molecule has 1 saturated heterocycles. The lowest BCUT2D eigenvalue weighted by Crippen LogP contribution is -2.43. The summed E-state index contributed by atoms with van der Waals surface area (Å²) < 4.78 is 33.9. The number of sulfone groups is 1. The monoisotopic (exact) mass is 426 g/mol. The van der Waals surface area contributed by atoms with E-state index in [2.05, 4.69) is 20.9 Å². The molecule has 3 N–H and O–H groups in total. The number of amides is 1. The standard InChI is InChI=1S/C19H30N4O5S/c1-14(28-17-6-4-5-16(11-17)27-3)12-22-19(20-2)21-9-7-18(24)23-15-8-10-29(25,26)13-15/h4-6,11,14-15H,7-10,12-13H2,1-3H3,(H,23,24)(H2,20,21,22).